The maximum absolute atomic E-state index is 11.0. The smallest absolute Gasteiger partial charge is 0.241 e. The second-order valence-electron chi connectivity index (χ2n) is 2.50. The maximum atomic E-state index is 11.0. The van der Waals surface area contributed by atoms with E-state index in [1.54, 1.807) is 18.5 Å². The summed E-state index contributed by atoms with van der Waals surface area (Å²) in [5.74, 6) is 0.335. The molecule has 1 amide bonds. The predicted octanol–water partition coefficient (Wildman–Crippen LogP) is 0.720. The minimum atomic E-state index is -0.0602. The Hall–Kier alpha value is -1.65. The van der Waals surface area contributed by atoms with Gasteiger partial charge >= 0.3 is 0 Å². The molecule has 0 aliphatic heterocycles. The monoisotopic (exact) mass is 180 g/mol. The van der Waals surface area contributed by atoms with Crippen LogP contribution >= 0.6 is 0 Å². The average Bonchev–Trinajstić information content (AvgIpc) is 2.17. The van der Waals surface area contributed by atoms with Gasteiger partial charge in [-0.3, -0.25) is 15.6 Å². The van der Waals surface area contributed by atoms with Crippen LogP contribution in [0.4, 0.5) is 5.95 Å². The molecule has 0 atom stereocenters. The molecule has 0 saturated carbocycles. The summed E-state index contributed by atoms with van der Waals surface area (Å²) in [6.45, 7) is 1.94. The summed E-state index contributed by atoms with van der Waals surface area (Å²) in [7, 11) is 0. The molecule has 0 bridgehead atoms. The second-order valence-corrected chi connectivity index (χ2v) is 2.50. The second kappa shape index (κ2) is 5.08. The van der Waals surface area contributed by atoms with E-state index < -0.39 is 0 Å². The van der Waals surface area contributed by atoms with E-state index in [0.29, 0.717) is 12.4 Å². The molecule has 5 heteroatoms. The summed E-state index contributed by atoms with van der Waals surface area (Å²) in [4.78, 5) is 18.7. The Bertz CT molecular complexity index is 262. The summed E-state index contributed by atoms with van der Waals surface area (Å²) >= 11 is 0. The number of anilines is 1. The lowest BCUT2D eigenvalue weighted by Gasteiger charge is -2.04. The molecule has 13 heavy (non-hydrogen) atoms. The van der Waals surface area contributed by atoms with Gasteiger partial charge in [0, 0.05) is 18.8 Å². The van der Waals surface area contributed by atoms with Crippen LogP contribution in [0.15, 0.2) is 18.5 Å². The number of nitrogens with one attached hydrogen (secondary N) is 2. The number of carbonyl (C=O) groups is 1. The molecule has 0 saturated heterocycles. The highest BCUT2D eigenvalue weighted by molar-refractivity contribution is 5.76. The quantitative estimate of drug-likeness (QED) is 0.670. The van der Waals surface area contributed by atoms with Gasteiger partial charge in [-0.05, 0) is 12.5 Å². The minimum Gasteiger partial charge on any atom is -0.273 e. The van der Waals surface area contributed by atoms with Crippen molar-refractivity contribution in [2.45, 2.75) is 19.8 Å². The fourth-order valence-corrected chi connectivity index (χ4v) is 0.779. The maximum Gasteiger partial charge on any atom is 0.241 e. The molecule has 0 aliphatic rings. The van der Waals surface area contributed by atoms with E-state index in [0.717, 1.165) is 6.42 Å². The zero-order valence-corrected chi connectivity index (χ0v) is 7.45. The molecule has 0 aliphatic carbocycles. The lowest BCUT2D eigenvalue weighted by molar-refractivity contribution is -0.120. The van der Waals surface area contributed by atoms with Crippen LogP contribution in [0.25, 0.3) is 0 Å². The molecule has 5 nitrogen and oxygen atoms in total. The molecule has 0 aromatic carbocycles. The van der Waals surface area contributed by atoms with Gasteiger partial charge in [0.15, 0.2) is 0 Å². The van der Waals surface area contributed by atoms with Gasteiger partial charge in [-0.2, -0.15) is 0 Å². The number of nitrogens with zero attached hydrogens (tertiary/aromatic N) is 2. The zero-order chi connectivity index (χ0) is 9.52. The van der Waals surface area contributed by atoms with Crippen molar-refractivity contribution in [2.24, 2.45) is 0 Å². The van der Waals surface area contributed by atoms with Crippen molar-refractivity contribution in [3.8, 4) is 0 Å². The van der Waals surface area contributed by atoms with Crippen LogP contribution in [0, 0.1) is 0 Å². The average molecular weight is 180 g/mol. The molecule has 70 valence electrons. The van der Waals surface area contributed by atoms with Gasteiger partial charge in [0.05, 0.1) is 0 Å². The van der Waals surface area contributed by atoms with Crippen LogP contribution in [-0.2, 0) is 4.79 Å². The first-order valence-electron chi connectivity index (χ1n) is 4.15. The summed E-state index contributed by atoms with van der Waals surface area (Å²) in [5, 5.41) is 0. The number of aromatic nitrogens is 2. The Morgan fingerprint density at radius 2 is 2.15 bits per heavy atom. The SMILES string of the molecule is CCCC(=O)NNc1ncccn1. The van der Waals surface area contributed by atoms with Gasteiger partial charge in [-0.15, -0.1) is 0 Å². The fourth-order valence-electron chi connectivity index (χ4n) is 0.779. The van der Waals surface area contributed by atoms with Crippen molar-refractivity contribution in [2.75, 3.05) is 5.43 Å². The van der Waals surface area contributed by atoms with E-state index in [1.807, 2.05) is 6.92 Å². The van der Waals surface area contributed by atoms with Crippen molar-refractivity contribution in [1.82, 2.24) is 15.4 Å². The van der Waals surface area contributed by atoms with E-state index in [2.05, 4.69) is 20.8 Å². The third-order valence-corrected chi connectivity index (χ3v) is 1.36. The van der Waals surface area contributed by atoms with Crippen LogP contribution in [0.1, 0.15) is 19.8 Å². The zero-order valence-electron chi connectivity index (χ0n) is 7.45. The highest BCUT2D eigenvalue weighted by atomic mass is 16.2. The Labute approximate surface area is 76.6 Å². The summed E-state index contributed by atoms with van der Waals surface area (Å²) < 4.78 is 0. The first-order valence-corrected chi connectivity index (χ1v) is 4.15. The number of rotatable bonds is 4. The van der Waals surface area contributed by atoms with E-state index in [4.69, 9.17) is 0 Å². The van der Waals surface area contributed by atoms with Crippen molar-refractivity contribution in [3.63, 3.8) is 0 Å². The third kappa shape index (κ3) is 3.50. The number of amides is 1. The Kier molecular flexibility index (Phi) is 3.69. The molecule has 1 heterocycles. The van der Waals surface area contributed by atoms with Crippen molar-refractivity contribution < 1.29 is 4.79 Å². The molecule has 0 radical (unpaired) electrons. The predicted molar refractivity (Wildman–Crippen MR) is 48.7 cm³/mol. The minimum absolute atomic E-state index is 0.0602. The van der Waals surface area contributed by atoms with Crippen molar-refractivity contribution in [3.05, 3.63) is 18.5 Å². The van der Waals surface area contributed by atoms with Crippen molar-refractivity contribution in [1.29, 1.82) is 0 Å². The van der Waals surface area contributed by atoms with Gasteiger partial charge in [-0.25, -0.2) is 9.97 Å². The molecule has 1 rings (SSSR count). The topological polar surface area (TPSA) is 66.9 Å². The Balaban J connectivity index is 2.31. The standard InChI is InChI=1S/C8H12N4O/c1-2-4-7(13)11-12-8-9-5-3-6-10-8/h3,5-6H,2,4H2,1H3,(H,11,13)(H,9,10,12). The highest BCUT2D eigenvalue weighted by Crippen LogP contribution is 1.91. The number of carbonyl (C=O) groups excluding carboxylic acids is 1. The molecule has 1 aromatic rings. The molecular formula is C8H12N4O. The molecule has 1 aromatic heterocycles. The summed E-state index contributed by atoms with van der Waals surface area (Å²) in [5.41, 5.74) is 5.09. The Morgan fingerprint density at radius 3 is 2.77 bits per heavy atom. The van der Waals surface area contributed by atoms with Crippen LogP contribution < -0.4 is 10.9 Å². The molecule has 0 spiro atoms. The van der Waals surface area contributed by atoms with Gasteiger partial charge < -0.3 is 0 Å². The van der Waals surface area contributed by atoms with Crippen molar-refractivity contribution >= 4 is 11.9 Å². The number of hydrogen-bond donors (Lipinski definition) is 2. The molecule has 0 unspecified atom stereocenters. The van der Waals surface area contributed by atoms with Gasteiger partial charge in [-0.1, -0.05) is 6.92 Å². The van der Waals surface area contributed by atoms with Crippen LogP contribution in [0.5, 0.6) is 0 Å². The fraction of sp³-hybridized carbons (Fsp3) is 0.375. The van der Waals surface area contributed by atoms with E-state index >= 15 is 0 Å². The van der Waals surface area contributed by atoms with Crippen LogP contribution in [0.2, 0.25) is 0 Å². The lowest BCUT2D eigenvalue weighted by atomic mass is 10.3. The first kappa shape index (κ1) is 9.44. The molecule has 2 N–H and O–H groups in total. The largest absolute Gasteiger partial charge is 0.273 e. The van der Waals surface area contributed by atoms with E-state index in [9.17, 15) is 4.79 Å². The van der Waals surface area contributed by atoms with Gasteiger partial charge in [0.1, 0.15) is 0 Å². The summed E-state index contributed by atoms with van der Waals surface area (Å²) in [6, 6.07) is 1.71. The number of hydrazine groups is 1. The van der Waals surface area contributed by atoms with Crippen LogP contribution in [-0.4, -0.2) is 15.9 Å². The number of hydrogen-bond acceptors (Lipinski definition) is 4. The Morgan fingerprint density at radius 1 is 1.46 bits per heavy atom. The van der Waals surface area contributed by atoms with E-state index in [1.165, 1.54) is 0 Å². The molecule has 0 fully saturated rings. The van der Waals surface area contributed by atoms with Gasteiger partial charge in [0.2, 0.25) is 11.9 Å². The summed E-state index contributed by atoms with van der Waals surface area (Å²) in [6.07, 6.45) is 4.52. The highest BCUT2D eigenvalue weighted by Gasteiger charge is 1.98. The lowest BCUT2D eigenvalue weighted by Crippen LogP contribution is -2.29. The van der Waals surface area contributed by atoms with Gasteiger partial charge in [0.25, 0.3) is 0 Å². The first-order chi connectivity index (χ1) is 6.33. The molecular weight excluding hydrogens is 168 g/mol. The van der Waals surface area contributed by atoms with E-state index in [-0.39, 0.29) is 5.91 Å². The third-order valence-electron chi connectivity index (χ3n) is 1.36. The van der Waals surface area contributed by atoms with Crippen LogP contribution in [0.3, 0.4) is 0 Å². The normalized spacial score (nSPS) is 9.31.